The van der Waals surface area contributed by atoms with E-state index in [9.17, 15) is 18.0 Å². The van der Waals surface area contributed by atoms with Crippen LogP contribution in [-0.4, -0.2) is 63.2 Å². The second-order valence-corrected chi connectivity index (χ2v) is 10.9. The van der Waals surface area contributed by atoms with E-state index in [1.807, 2.05) is 4.57 Å². The SMILES string of the molecule is CN(C)C(=O)[C@H]1CC[C@H](n2c(Nc3cccc(C(F)(F)F)c3)nc3cnc(NC4(C)CCOCC4)nc32)CC1. The van der Waals surface area contributed by atoms with Gasteiger partial charge in [-0.15, -0.1) is 0 Å². The van der Waals surface area contributed by atoms with Crippen molar-refractivity contribution in [3.05, 3.63) is 36.0 Å². The maximum Gasteiger partial charge on any atom is 0.416 e. The molecule has 9 nitrogen and oxygen atoms in total. The summed E-state index contributed by atoms with van der Waals surface area (Å²) in [6.45, 7) is 3.43. The number of amides is 1. The highest BCUT2D eigenvalue weighted by Gasteiger charge is 2.33. The average Bonchev–Trinajstić information content (AvgIpc) is 3.25. The lowest BCUT2D eigenvalue weighted by Gasteiger charge is -2.34. The van der Waals surface area contributed by atoms with Crippen LogP contribution < -0.4 is 10.6 Å². The molecule has 210 valence electrons. The Morgan fingerprint density at radius 3 is 2.51 bits per heavy atom. The first kappa shape index (κ1) is 27.2. The van der Waals surface area contributed by atoms with E-state index >= 15 is 0 Å². The zero-order valence-electron chi connectivity index (χ0n) is 22.4. The van der Waals surface area contributed by atoms with Crippen molar-refractivity contribution in [3.8, 4) is 0 Å². The minimum Gasteiger partial charge on any atom is -0.381 e. The number of carbonyl (C=O) groups is 1. The lowest BCUT2D eigenvalue weighted by molar-refractivity contribution is -0.137. The van der Waals surface area contributed by atoms with Gasteiger partial charge in [0.05, 0.1) is 11.8 Å². The first-order valence-corrected chi connectivity index (χ1v) is 13.3. The molecule has 2 N–H and O–H groups in total. The number of rotatable bonds is 6. The number of hydrogen-bond donors (Lipinski definition) is 2. The molecular formula is C27H34F3N7O2. The van der Waals surface area contributed by atoms with Gasteiger partial charge in [0.15, 0.2) is 5.65 Å². The van der Waals surface area contributed by atoms with Crippen LogP contribution in [0.3, 0.4) is 0 Å². The molecule has 0 spiro atoms. The van der Waals surface area contributed by atoms with Gasteiger partial charge in [-0.25, -0.2) is 9.97 Å². The summed E-state index contributed by atoms with van der Waals surface area (Å²) >= 11 is 0. The first-order valence-electron chi connectivity index (χ1n) is 13.3. The molecule has 5 rings (SSSR count). The predicted octanol–water partition coefficient (Wildman–Crippen LogP) is 5.39. The van der Waals surface area contributed by atoms with E-state index in [1.165, 1.54) is 6.07 Å². The maximum atomic E-state index is 13.4. The van der Waals surface area contributed by atoms with Gasteiger partial charge in [-0.05, 0) is 63.6 Å². The number of nitrogens with one attached hydrogen (secondary N) is 2. The van der Waals surface area contributed by atoms with Gasteiger partial charge in [0, 0.05) is 50.5 Å². The van der Waals surface area contributed by atoms with Gasteiger partial charge in [0.25, 0.3) is 0 Å². The Kier molecular flexibility index (Phi) is 7.41. The number of fused-ring (bicyclic) bond motifs is 1. The number of aromatic nitrogens is 4. The molecule has 1 saturated heterocycles. The van der Waals surface area contributed by atoms with E-state index in [0.717, 1.165) is 37.8 Å². The second-order valence-electron chi connectivity index (χ2n) is 10.9. The number of hydrogen-bond acceptors (Lipinski definition) is 7. The fourth-order valence-electron chi connectivity index (χ4n) is 5.45. The van der Waals surface area contributed by atoms with Crippen molar-refractivity contribution in [2.75, 3.05) is 37.9 Å². The standard InChI is InChI=1S/C27H34F3N7O2/c1-26(11-13-39-14-12-26)35-24-31-16-21-22(34-24)37(20-9-7-17(8-10-20)23(38)36(2)3)25(33-21)32-19-6-4-5-18(15-19)27(28,29)30/h4-6,15-17,20H,7-14H2,1-3H3,(H,32,33)(H,31,34,35)/t17-,20-. The van der Waals surface area contributed by atoms with Crippen LogP contribution in [-0.2, 0) is 15.7 Å². The summed E-state index contributed by atoms with van der Waals surface area (Å²) in [5, 5.41) is 6.56. The molecule has 1 saturated carbocycles. The van der Waals surface area contributed by atoms with Gasteiger partial charge in [-0.1, -0.05) is 6.07 Å². The molecular weight excluding hydrogens is 511 g/mol. The Labute approximate surface area is 225 Å². The zero-order valence-corrected chi connectivity index (χ0v) is 22.4. The van der Waals surface area contributed by atoms with Crippen molar-refractivity contribution >= 4 is 34.7 Å². The Balaban J connectivity index is 1.49. The summed E-state index contributed by atoms with van der Waals surface area (Å²) in [5.74, 6) is 0.932. The molecule has 39 heavy (non-hydrogen) atoms. The Morgan fingerprint density at radius 2 is 1.85 bits per heavy atom. The van der Waals surface area contributed by atoms with E-state index < -0.39 is 11.7 Å². The second kappa shape index (κ2) is 10.6. The topological polar surface area (TPSA) is 97.2 Å². The number of benzene rings is 1. The fourth-order valence-corrected chi connectivity index (χ4v) is 5.45. The number of halogens is 3. The summed E-state index contributed by atoms with van der Waals surface area (Å²) < 4.78 is 47.5. The van der Waals surface area contributed by atoms with Crippen molar-refractivity contribution < 1.29 is 22.7 Å². The van der Waals surface area contributed by atoms with E-state index in [0.29, 0.717) is 49.1 Å². The lowest BCUT2D eigenvalue weighted by atomic mass is 9.85. The Bertz CT molecular complexity index is 1330. The van der Waals surface area contributed by atoms with Crippen LogP contribution in [0.5, 0.6) is 0 Å². The largest absolute Gasteiger partial charge is 0.416 e. The van der Waals surface area contributed by atoms with Crippen LogP contribution >= 0.6 is 0 Å². The molecule has 1 amide bonds. The van der Waals surface area contributed by atoms with Crippen molar-refractivity contribution in [1.29, 1.82) is 0 Å². The van der Waals surface area contributed by atoms with Gasteiger partial charge < -0.3 is 20.3 Å². The number of imidazole rings is 1. The minimum atomic E-state index is -4.46. The van der Waals surface area contributed by atoms with Crippen LogP contribution in [0, 0.1) is 5.92 Å². The summed E-state index contributed by atoms with van der Waals surface area (Å²) in [7, 11) is 3.53. The highest BCUT2D eigenvalue weighted by atomic mass is 19.4. The van der Waals surface area contributed by atoms with Crippen LogP contribution in [0.25, 0.3) is 11.2 Å². The number of carbonyl (C=O) groups excluding carboxylic acids is 1. The average molecular weight is 546 g/mol. The van der Waals surface area contributed by atoms with E-state index in [4.69, 9.17) is 9.72 Å². The number of alkyl halides is 3. The smallest absolute Gasteiger partial charge is 0.381 e. The minimum absolute atomic E-state index is 0.0315. The summed E-state index contributed by atoms with van der Waals surface area (Å²) in [4.78, 5) is 28.2. The number of anilines is 3. The van der Waals surface area contributed by atoms with Crippen LogP contribution in [0.1, 0.15) is 57.1 Å². The van der Waals surface area contributed by atoms with E-state index in [2.05, 4.69) is 27.5 Å². The van der Waals surface area contributed by atoms with Crippen LogP contribution in [0.2, 0.25) is 0 Å². The molecule has 1 aromatic carbocycles. The molecule has 1 aliphatic heterocycles. The third-order valence-electron chi connectivity index (χ3n) is 7.74. The van der Waals surface area contributed by atoms with Crippen molar-refractivity contribution in [1.82, 2.24) is 24.4 Å². The molecule has 3 heterocycles. The van der Waals surface area contributed by atoms with Crippen LogP contribution in [0.15, 0.2) is 30.5 Å². The summed E-state index contributed by atoms with van der Waals surface area (Å²) in [6, 6.07) is 5.03. The molecule has 12 heteroatoms. The van der Waals surface area contributed by atoms with E-state index in [1.54, 1.807) is 31.3 Å². The van der Waals surface area contributed by atoms with Gasteiger partial charge in [0.1, 0.15) is 5.52 Å². The molecule has 2 fully saturated rings. The molecule has 0 bridgehead atoms. The monoisotopic (exact) mass is 545 g/mol. The summed E-state index contributed by atoms with van der Waals surface area (Å²) in [5.41, 5.74) is 0.465. The zero-order chi connectivity index (χ0) is 27.8. The van der Waals surface area contributed by atoms with Crippen LogP contribution in [0.4, 0.5) is 30.8 Å². The van der Waals surface area contributed by atoms with Crippen molar-refractivity contribution in [3.63, 3.8) is 0 Å². The first-order chi connectivity index (χ1) is 18.5. The van der Waals surface area contributed by atoms with Crippen molar-refractivity contribution in [2.45, 2.75) is 63.2 Å². The third kappa shape index (κ3) is 5.95. The highest BCUT2D eigenvalue weighted by Crippen LogP contribution is 2.38. The number of nitrogens with zero attached hydrogens (tertiary/aromatic N) is 5. The van der Waals surface area contributed by atoms with Crippen molar-refractivity contribution in [2.24, 2.45) is 5.92 Å². The molecule has 2 aliphatic rings. The predicted molar refractivity (Wildman–Crippen MR) is 142 cm³/mol. The molecule has 3 aromatic rings. The quantitative estimate of drug-likeness (QED) is 0.429. The van der Waals surface area contributed by atoms with Gasteiger partial charge in [0.2, 0.25) is 17.8 Å². The molecule has 1 aliphatic carbocycles. The highest BCUT2D eigenvalue weighted by molar-refractivity contribution is 5.79. The maximum absolute atomic E-state index is 13.4. The molecule has 0 atom stereocenters. The molecule has 2 aromatic heterocycles. The summed E-state index contributed by atoms with van der Waals surface area (Å²) in [6.07, 6.45) is 1.67. The fraction of sp³-hybridized carbons (Fsp3) is 0.556. The van der Waals surface area contributed by atoms with Gasteiger partial charge in [-0.2, -0.15) is 18.2 Å². The molecule has 0 unspecified atom stereocenters. The van der Waals surface area contributed by atoms with Gasteiger partial charge >= 0.3 is 6.18 Å². The Hall–Kier alpha value is -3.41. The molecule has 0 radical (unpaired) electrons. The Morgan fingerprint density at radius 1 is 1.13 bits per heavy atom. The number of ether oxygens (including phenoxy) is 1. The van der Waals surface area contributed by atoms with E-state index in [-0.39, 0.29) is 29.1 Å². The normalized spacial score (nSPS) is 21.5. The third-order valence-corrected chi connectivity index (χ3v) is 7.74. The lowest BCUT2D eigenvalue weighted by Crippen LogP contribution is -2.41. The van der Waals surface area contributed by atoms with Gasteiger partial charge in [-0.3, -0.25) is 9.36 Å².